The van der Waals surface area contributed by atoms with Crippen molar-refractivity contribution in [2.45, 2.75) is 33.4 Å². The molecule has 0 spiro atoms. The van der Waals surface area contributed by atoms with Gasteiger partial charge in [0, 0.05) is 22.3 Å². The highest BCUT2D eigenvalue weighted by molar-refractivity contribution is 9.10. The smallest absolute Gasteiger partial charge is 0.253 e. The van der Waals surface area contributed by atoms with Crippen LogP contribution in [0.2, 0.25) is 0 Å². The van der Waals surface area contributed by atoms with Gasteiger partial charge in [-0.3, -0.25) is 4.79 Å². The Morgan fingerprint density at radius 3 is 2.83 bits per heavy atom. The monoisotopic (exact) mass is 310 g/mol. The molecule has 0 atom stereocenters. The molecule has 0 N–H and O–H groups in total. The molecule has 18 heavy (non-hydrogen) atoms. The normalized spacial score (nSPS) is 11.2. The van der Waals surface area contributed by atoms with Gasteiger partial charge in [-0.2, -0.15) is 5.10 Å². The lowest BCUT2D eigenvalue weighted by atomic mass is 10.3. The maximum atomic E-state index is 12.0. The van der Waals surface area contributed by atoms with Gasteiger partial charge >= 0.3 is 0 Å². The van der Waals surface area contributed by atoms with Crippen molar-refractivity contribution in [3.63, 3.8) is 0 Å². The fraction of sp³-hybridized carbons (Fsp3) is 0.417. The Balaban J connectivity index is 2.40. The van der Waals surface area contributed by atoms with Crippen LogP contribution < -0.4 is 5.56 Å². The highest BCUT2D eigenvalue weighted by Crippen LogP contribution is 2.10. The maximum Gasteiger partial charge on any atom is 0.253 e. The van der Waals surface area contributed by atoms with E-state index in [1.54, 1.807) is 17.7 Å². The fourth-order valence-corrected chi connectivity index (χ4v) is 2.42. The summed E-state index contributed by atoms with van der Waals surface area (Å²) in [5.41, 5.74) is 0.705. The molecule has 0 aliphatic rings. The second-order valence-electron chi connectivity index (χ2n) is 4.49. The first kappa shape index (κ1) is 13.0. The molecule has 0 fully saturated rings. The molecule has 0 unspecified atom stereocenters. The lowest BCUT2D eigenvalue weighted by Gasteiger charge is -2.11. The first-order valence-corrected chi connectivity index (χ1v) is 6.53. The van der Waals surface area contributed by atoms with Gasteiger partial charge in [0.2, 0.25) is 0 Å². The molecule has 6 heteroatoms. The Morgan fingerprint density at radius 1 is 1.44 bits per heavy atom. The van der Waals surface area contributed by atoms with Gasteiger partial charge in [-0.05, 0) is 42.8 Å². The molecule has 0 saturated heterocycles. The third kappa shape index (κ3) is 2.53. The highest BCUT2D eigenvalue weighted by Gasteiger charge is 2.10. The van der Waals surface area contributed by atoms with E-state index >= 15 is 0 Å². The molecular weight excluding hydrogens is 296 g/mol. The molecule has 2 rings (SSSR count). The highest BCUT2D eigenvalue weighted by atomic mass is 79.9. The molecule has 0 bridgehead atoms. The van der Waals surface area contributed by atoms with Gasteiger partial charge in [0.15, 0.2) is 0 Å². The Labute approximate surface area is 114 Å². The average molecular weight is 311 g/mol. The van der Waals surface area contributed by atoms with E-state index in [4.69, 9.17) is 0 Å². The van der Waals surface area contributed by atoms with Gasteiger partial charge in [0.1, 0.15) is 12.2 Å². The van der Waals surface area contributed by atoms with Gasteiger partial charge < -0.3 is 4.57 Å². The van der Waals surface area contributed by atoms with Crippen molar-refractivity contribution < 1.29 is 0 Å². The lowest BCUT2D eigenvalue weighted by molar-refractivity contribution is 0.493. The van der Waals surface area contributed by atoms with Crippen molar-refractivity contribution in [1.29, 1.82) is 0 Å². The van der Waals surface area contributed by atoms with E-state index in [-0.39, 0.29) is 11.6 Å². The second-order valence-corrected chi connectivity index (χ2v) is 5.40. The summed E-state index contributed by atoms with van der Waals surface area (Å²) in [4.78, 5) is 16.2. The minimum atomic E-state index is -0.00324. The van der Waals surface area contributed by atoms with Crippen molar-refractivity contribution in [1.82, 2.24) is 19.3 Å². The summed E-state index contributed by atoms with van der Waals surface area (Å²) in [6.07, 6.45) is 3.29. The van der Waals surface area contributed by atoms with E-state index in [1.807, 2.05) is 24.6 Å². The summed E-state index contributed by atoms with van der Waals surface area (Å²) in [6.45, 7) is 6.30. The molecule has 0 aromatic carbocycles. The Morgan fingerprint density at radius 2 is 2.17 bits per heavy atom. The second kappa shape index (κ2) is 5.06. The number of pyridine rings is 1. The summed E-state index contributed by atoms with van der Waals surface area (Å²) in [5, 5.41) is 4.16. The molecule has 96 valence electrons. The quantitative estimate of drug-likeness (QED) is 0.872. The van der Waals surface area contributed by atoms with Crippen molar-refractivity contribution in [2.75, 3.05) is 0 Å². The van der Waals surface area contributed by atoms with Gasteiger partial charge in [-0.1, -0.05) is 0 Å². The Kier molecular flexibility index (Phi) is 3.65. The molecule has 0 aliphatic carbocycles. The van der Waals surface area contributed by atoms with Crippen LogP contribution in [0.25, 0.3) is 0 Å². The molecule has 2 aromatic rings. The molecule has 0 amide bonds. The van der Waals surface area contributed by atoms with Crippen LogP contribution in [0, 0.1) is 6.92 Å². The van der Waals surface area contributed by atoms with Crippen LogP contribution in [-0.2, 0) is 6.54 Å². The summed E-state index contributed by atoms with van der Waals surface area (Å²) in [5.74, 6) is 0.782. The van der Waals surface area contributed by atoms with E-state index in [1.165, 1.54) is 6.33 Å². The van der Waals surface area contributed by atoms with Crippen LogP contribution >= 0.6 is 15.9 Å². The largest absolute Gasteiger partial charge is 0.307 e. The van der Waals surface area contributed by atoms with Crippen LogP contribution in [0.5, 0.6) is 0 Å². The van der Waals surface area contributed by atoms with E-state index in [0.29, 0.717) is 12.1 Å². The van der Waals surface area contributed by atoms with Gasteiger partial charge in [-0.15, -0.1) is 0 Å². The maximum absolute atomic E-state index is 12.0. The average Bonchev–Trinajstić information content (AvgIpc) is 2.73. The lowest BCUT2D eigenvalue weighted by Crippen LogP contribution is -2.24. The number of rotatable bonds is 3. The van der Waals surface area contributed by atoms with Crippen molar-refractivity contribution in [2.24, 2.45) is 0 Å². The van der Waals surface area contributed by atoms with E-state index < -0.39 is 0 Å². The molecule has 0 aliphatic heterocycles. The SMILES string of the molecule is Cc1cc(Br)cn(Cc2ncnn2C(C)C)c1=O. The van der Waals surface area contributed by atoms with Gasteiger partial charge in [0.25, 0.3) is 5.56 Å². The molecule has 5 nitrogen and oxygen atoms in total. The summed E-state index contributed by atoms with van der Waals surface area (Å²) >= 11 is 3.40. The minimum Gasteiger partial charge on any atom is -0.307 e. The third-order valence-electron chi connectivity index (χ3n) is 2.68. The molecule has 2 aromatic heterocycles. The number of aryl methyl sites for hydroxylation is 1. The Bertz CT molecular complexity index is 615. The first-order valence-electron chi connectivity index (χ1n) is 5.74. The third-order valence-corrected chi connectivity index (χ3v) is 3.11. The Hall–Kier alpha value is -1.43. The number of hydrogen-bond acceptors (Lipinski definition) is 3. The zero-order chi connectivity index (χ0) is 13.3. The van der Waals surface area contributed by atoms with Crippen LogP contribution in [-0.4, -0.2) is 19.3 Å². The minimum absolute atomic E-state index is 0.00324. The van der Waals surface area contributed by atoms with Crippen LogP contribution in [0.4, 0.5) is 0 Å². The predicted octanol–water partition coefficient (Wildman–Crippen LogP) is 2.14. The van der Waals surface area contributed by atoms with Gasteiger partial charge in [0.05, 0.1) is 6.54 Å². The van der Waals surface area contributed by atoms with Crippen molar-refractivity contribution in [3.05, 3.63) is 44.8 Å². The molecule has 0 radical (unpaired) electrons. The molecule has 2 heterocycles. The summed E-state index contributed by atoms with van der Waals surface area (Å²) < 4.78 is 4.35. The predicted molar refractivity (Wildman–Crippen MR) is 72.6 cm³/mol. The van der Waals surface area contributed by atoms with Crippen LogP contribution in [0.15, 0.2) is 27.9 Å². The van der Waals surface area contributed by atoms with Crippen LogP contribution in [0.3, 0.4) is 0 Å². The number of nitrogens with zero attached hydrogens (tertiary/aromatic N) is 4. The van der Waals surface area contributed by atoms with Crippen LogP contribution in [0.1, 0.15) is 31.3 Å². The summed E-state index contributed by atoms with van der Waals surface area (Å²) in [6, 6.07) is 2.04. The number of halogens is 1. The van der Waals surface area contributed by atoms with E-state index in [2.05, 4.69) is 26.0 Å². The fourth-order valence-electron chi connectivity index (χ4n) is 1.83. The van der Waals surface area contributed by atoms with Gasteiger partial charge in [-0.25, -0.2) is 9.67 Å². The first-order chi connectivity index (χ1) is 8.49. The summed E-state index contributed by atoms with van der Waals surface area (Å²) in [7, 11) is 0. The topological polar surface area (TPSA) is 52.7 Å². The zero-order valence-corrected chi connectivity index (χ0v) is 12.2. The van der Waals surface area contributed by atoms with Crippen molar-refractivity contribution in [3.8, 4) is 0 Å². The molecule has 0 saturated carbocycles. The zero-order valence-electron chi connectivity index (χ0n) is 10.6. The van der Waals surface area contributed by atoms with Crippen molar-refractivity contribution >= 4 is 15.9 Å². The standard InChI is InChI=1S/C12H15BrN4O/c1-8(2)17-11(14-7-15-17)6-16-5-10(13)4-9(3)12(16)18/h4-5,7-8H,6H2,1-3H3. The number of aromatic nitrogens is 4. The van der Waals surface area contributed by atoms with E-state index in [9.17, 15) is 4.79 Å². The molecular formula is C12H15BrN4O. The number of hydrogen-bond donors (Lipinski definition) is 0. The van der Waals surface area contributed by atoms with E-state index in [0.717, 1.165) is 10.3 Å².